The predicted octanol–water partition coefficient (Wildman–Crippen LogP) is 2.81. The molecule has 1 saturated heterocycles. The molecule has 1 heterocycles. The highest BCUT2D eigenvalue weighted by atomic mass is 32.2. The summed E-state index contributed by atoms with van der Waals surface area (Å²) < 4.78 is 26.4. The van der Waals surface area contributed by atoms with Gasteiger partial charge in [0.15, 0.2) is 0 Å². The molecule has 1 aliphatic heterocycles. The van der Waals surface area contributed by atoms with Crippen molar-refractivity contribution in [2.24, 2.45) is 34.0 Å². The first-order valence-corrected chi connectivity index (χ1v) is 19.2. The number of carbonyl (C=O) groups is 5. The molecule has 1 unspecified atom stereocenters. The molecule has 3 rings (SSSR count). The monoisotopic (exact) mass is 722 g/mol. The highest BCUT2D eigenvalue weighted by molar-refractivity contribution is 7.90. The first-order valence-electron chi connectivity index (χ1n) is 17.7. The van der Waals surface area contributed by atoms with Gasteiger partial charge in [0.1, 0.15) is 12.1 Å². The summed E-state index contributed by atoms with van der Waals surface area (Å²) >= 11 is 0. The van der Waals surface area contributed by atoms with Crippen LogP contribution in [0.3, 0.4) is 0 Å². The van der Waals surface area contributed by atoms with Gasteiger partial charge in [-0.05, 0) is 61.2 Å². The van der Waals surface area contributed by atoms with Crippen molar-refractivity contribution in [1.29, 1.82) is 0 Å². The predicted molar refractivity (Wildman–Crippen MR) is 193 cm³/mol. The van der Waals surface area contributed by atoms with E-state index in [-0.39, 0.29) is 36.3 Å². The summed E-state index contributed by atoms with van der Waals surface area (Å²) in [4.78, 5) is 69.4. The minimum Gasteiger partial charge on any atom is -0.346 e. The van der Waals surface area contributed by atoms with Crippen LogP contribution in [0.2, 0.25) is 0 Å². The molecule has 0 bridgehead atoms. The number of fused-ring (bicyclic) bond motifs is 1. The minimum absolute atomic E-state index is 0.0177. The van der Waals surface area contributed by atoms with Gasteiger partial charge in [-0.3, -0.25) is 19.2 Å². The smallest absolute Gasteiger partial charge is 0.315 e. The number of ketones is 1. The zero-order valence-electron chi connectivity index (χ0n) is 32.2. The van der Waals surface area contributed by atoms with E-state index in [0.717, 1.165) is 12.8 Å². The maximum Gasteiger partial charge on any atom is 0.315 e. The van der Waals surface area contributed by atoms with Crippen LogP contribution >= 0.6 is 0 Å². The van der Waals surface area contributed by atoms with Crippen molar-refractivity contribution in [2.45, 2.75) is 124 Å². The molecule has 13 nitrogen and oxygen atoms in total. The van der Waals surface area contributed by atoms with Crippen molar-refractivity contribution in [3.63, 3.8) is 0 Å². The summed E-state index contributed by atoms with van der Waals surface area (Å²) in [5.74, 6) is -2.30. The van der Waals surface area contributed by atoms with E-state index in [4.69, 9.17) is 0 Å². The lowest BCUT2D eigenvalue weighted by Crippen LogP contribution is -2.63. The van der Waals surface area contributed by atoms with Crippen molar-refractivity contribution in [3.8, 4) is 0 Å². The van der Waals surface area contributed by atoms with Crippen molar-refractivity contribution in [1.82, 2.24) is 30.5 Å². The van der Waals surface area contributed by atoms with E-state index >= 15 is 0 Å². The average molecular weight is 723 g/mol. The van der Waals surface area contributed by atoms with Crippen LogP contribution in [0.25, 0.3) is 0 Å². The van der Waals surface area contributed by atoms with E-state index in [1.807, 2.05) is 41.5 Å². The molecular formula is C36H62N6O7S. The minimum atomic E-state index is -3.67. The summed E-state index contributed by atoms with van der Waals surface area (Å²) in [7, 11) is -2.19. The lowest BCUT2D eigenvalue weighted by Gasteiger charge is -2.39. The van der Waals surface area contributed by atoms with Gasteiger partial charge in [0.25, 0.3) is 5.91 Å². The van der Waals surface area contributed by atoms with Crippen LogP contribution < -0.4 is 21.3 Å². The number of rotatable bonds is 14. The Morgan fingerprint density at radius 2 is 1.52 bits per heavy atom. The van der Waals surface area contributed by atoms with Crippen LogP contribution in [-0.2, 0) is 29.2 Å². The number of carbonyl (C=O) groups excluding carboxylic acids is 5. The molecule has 50 heavy (non-hydrogen) atoms. The number of urea groups is 1. The number of nitrogens with one attached hydrogen (secondary N) is 4. The van der Waals surface area contributed by atoms with Gasteiger partial charge in [0.2, 0.25) is 27.6 Å². The number of hydrogen-bond acceptors (Lipinski definition) is 7. The van der Waals surface area contributed by atoms with Gasteiger partial charge in [-0.15, -0.1) is 6.58 Å². The molecule has 0 spiro atoms. The summed E-state index contributed by atoms with van der Waals surface area (Å²) in [6, 6.07) is -4.19. The number of likely N-dealkylation sites (N-methyl/N-ethyl adjacent to an activating group) is 1. The van der Waals surface area contributed by atoms with E-state index in [9.17, 15) is 32.4 Å². The van der Waals surface area contributed by atoms with E-state index in [2.05, 4.69) is 41.7 Å². The fraction of sp³-hybridized carbons (Fsp3) is 0.806. The van der Waals surface area contributed by atoms with Crippen molar-refractivity contribution in [2.75, 3.05) is 26.7 Å². The van der Waals surface area contributed by atoms with E-state index in [0.29, 0.717) is 13.0 Å². The molecule has 3 aliphatic rings. The molecule has 284 valence electrons. The molecule has 6 atom stereocenters. The molecule has 2 saturated carbocycles. The van der Waals surface area contributed by atoms with Crippen molar-refractivity contribution in [3.05, 3.63) is 12.7 Å². The van der Waals surface area contributed by atoms with Gasteiger partial charge in [-0.2, -0.15) is 0 Å². The maximum absolute atomic E-state index is 14.4. The Morgan fingerprint density at radius 3 is 2.00 bits per heavy atom. The van der Waals surface area contributed by atoms with Gasteiger partial charge in [-0.25, -0.2) is 17.5 Å². The van der Waals surface area contributed by atoms with Crippen molar-refractivity contribution >= 4 is 39.6 Å². The van der Waals surface area contributed by atoms with E-state index in [1.54, 1.807) is 20.8 Å². The van der Waals surface area contributed by atoms with Gasteiger partial charge in [0.05, 0.1) is 10.8 Å². The highest BCUT2D eigenvalue weighted by Gasteiger charge is 2.70. The van der Waals surface area contributed by atoms with E-state index in [1.165, 1.54) is 22.3 Å². The molecule has 2 aliphatic carbocycles. The number of amides is 5. The Balaban J connectivity index is 1.84. The third-order valence-corrected chi connectivity index (χ3v) is 13.2. The second-order valence-corrected chi connectivity index (χ2v) is 21.0. The molecule has 0 radical (unpaired) electrons. The van der Waals surface area contributed by atoms with Gasteiger partial charge in [-0.1, -0.05) is 74.3 Å². The standard InChI is InChI=1S/C36H62N6O7S/c1-14-17-37-30(45)27(43)23(18-21-15-16-21)38-29(44)26-25-22(36(25,11)12)19-42(26)31(46)28(34(5,6)7)40-32(47)39-24(33(2,3)4)20-41(13)50(48,49)35(8,9)10/h14,21-26,28H,1,15-20H2,2-13H3,(H,37,45)(H,38,44)(H2,39,40,47)/t22-,23?,24+,25-,26-,28+/m0/s1. The van der Waals surface area contributed by atoms with Crippen LogP contribution in [0.1, 0.15) is 95.4 Å². The zero-order valence-corrected chi connectivity index (χ0v) is 33.0. The summed E-state index contributed by atoms with van der Waals surface area (Å²) in [6.45, 7) is 24.1. The largest absolute Gasteiger partial charge is 0.346 e. The number of nitrogens with zero attached hydrogens (tertiary/aromatic N) is 2. The summed E-state index contributed by atoms with van der Waals surface area (Å²) in [5, 5.41) is 11.1. The quantitative estimate of drug-likeness (QED) is 0.158. The maximum atomic E-state index is 14.4. The molecule has 0 aromatic rings. The van der Waals surface area contributed by atoms with Gasteiger partial charge in [0, 0.05) is 32.7 Å². The molecule has 5 amide bonds. The van der Waals surface area contributed by atoms with E-state index < -0.39 is 79.3 Å². The van der Waals surface area contributed by atoms with Gasteiger partial charge >= 0.3 is 6.03 Å². The molecule has 0 aromatic heterocycles. The number of likely N-dealkylation sites (tertiary alicyclic amines) is 1. The van der Waals surface area contributed by atoms with Crippen LogP contribution in [0.15, 0.2) is 12.7 Å². The normalized spacial score (nSPS) is 23.6. The number of piperidine rings is 1. The fourth-order valence-electron chi connectivity index (χ4n) is 6.90. The Morgan fingerprint density at radius 1 is 0.940 bits per heavy atom. The lowest BCUT2D eigenvalue weighted by atomic mass is 9.85. The summed E-state index contributed by atoms with van der Waals surface area (Å²) in [6.07, 6.45) is 3.65. The van der Waals surface area contributed by atoms with Crippen LogP contribution in [-0.4, -0.2) is 103 Å². The third kappa shape index (κ3) is 9.26. The Bertz CT molecular complexity index is 1450. The molecular weight excluding hydrogens is 660 g/mol. The van der Waals surface area contributed by atoms with Crippen LogP contribution in [0.4, 0.5) is 4.79 Å². The van der Waals surface area contributed by atoms with Crippen LogP contribution in [0, 0.1) is 34.0 Å². The topological polar surface area (TPSA) is 174 Å². The molecule has 3 fully saturated rings. The van der Waals surface area contributed by atoms with Gasteiger partial charge < -0.3 is 26.2 Å². The van der Waals surface area contributed by atoms with Crippen LogP contribution in [0.5, 0.6) is 0 Å². The first kappa shape index (κ1) is 41.4. The molecule has 14 heteroatoms. The SMILES string of the molecule is C=CCNC(=O)C(=O)C(CC1CC1)NC(=O)[C@@H]1[C@@H]2[C@H](CN1C(=O)[C@@H](NC(=O)N[C@H](CN(C)S(=O)(=O)C(C)(C)C)C(C)(C)C)C(C)(C)C)C2(C)C. The second-order valence-electron chi connectivity index (χ2n) is 18.2. The third-order valence-electron chi connectivity index (χ3n) is 10.7. The average Bonchev–Trinajstić information content (AvgIpc) is 3.82. The number of hydrogen-bond donors (Lipinski definition) is 4. The Kier molecular flexibility index (Phi) is 12.1. The molecule has 0 aromatic carbocycles. The Hall–Kier alpha value is -3.00. The first-order chi connectivity index (χ1) is 22.7. The highest BCUT2D eigenvalue weighted by Crippen LogP contribution is 2.65. The number of Topliss-reactive ketones (excluding diaryl/α,β-unsaturated/α-hetero) is 1. The lowest BCUT2D eigenvalue weighted by molar-refractivity contribution is -0.145. The fourth-order valence-corrected chi connectivity index (χ4v) is 8.18. The number of sulfonamides is 1. The Labute approximate surface area is 299 Å². The van der Waals surface area contributed by atoms with Crippen molar-refractivity contribution < 1.29 is 32.4 Å². The second kappa shape index (κ2) is 14.6. The molecule has 4 N–H and O–H groups in total. The zero-order chi connectivity index (χ0) is 38.4. The summed E-state index contributed by atoms with van der Waals surface area (Å²) in [5.41, 5.74) is -1.52.